The van der Waals surface area contributed by atoms with Crippen molar-refractivity contribution in [1.82, 2.24) is 9.88 Å². The van der Waals surface area contributed by atoms with E-state index in [4.69, 9.17) is 4.74 Å². The molecule has 1 heterocycles. The fourth-order valence-electron chi connectivity index (χ4n) is 1.41. The van der Waals surface area contributed by atoms with E-state index in [2.05, 4.69) is 46.7 Å². The highest BCUT2D eigenvalue weighted by atomic mass is 79.9. The van der Waals surface area contributed by atoms with Crippen molar-refractivity contribution in [3.8, 4) is 5.88 Å². The summed E-state index contributed by atoms with van der Waals surface area (Å²) in [4.78, 5) is 10.9. The van der Waals surface area contributed by atoms with Gasteiger partial charge in [0, 0.05) is 13.6 Å². The highest BCUT2D eigenvalue weighted by Crippen LogP contribution is 2.29. The zero-order chi connectivity index (χ0) is 15.1. The van der Waals surface area contributed by atoms with Crippen molar-refractivity contribution < 1.29 is 4.74 Å². The predicted octanol–water partition coefficient (Wildman–Crippen LogP) is 4.19. The number of aromatic nitrogens is 1. The quantitative estimate of drug-likeness (QED) is 0.551. The van der Waals surface area contributed by atoms with Crippen LogP contribution in [0, 0.1) is 12.8 Å². The van der Waals surface area contributed by atoms with E-state index in [1.54, 1.807) is 0 Å². The summed E-state index contributed by atoms with van der Waals surface area (Å²) in [5.41, 5.74) is 1.72. The van der Waals surface area contributed by atoms with Gasteiger partial charge in [0.05, 0.1) is 28.8 Å². The van der Waals surface area contributed by atoms with Crippen molar-refractivity contribution in [3.05, 3.63) is 16.2 Å². The van der Waals surface area contributed by atoms with Gasteiger partial charge in [-0.15, -0.1) is 0 Å². The third kappa shape index (κ3) is 5.49. The van der Waals surface area contributed by atoms with Gasteiger partial charge in [-0.25, -0.2) is 9.98 Å². The fourth-order valence-corrected chi connectivity index (χ4v) is 1.83. The van der Waals surface area contributed by atoms with Crippen molar-refractivity contribution in [3.63, 3.8) is 0 Å². The molecule has 0 saturated carbocycles. The molecule has 0 amide bonds. The van der Waals surface area contributed by atoms with E-state index in [-0.39, 0.29) is 0 Å². The van der Waals surface area contributed by atoms with E-state index in [9.17, 15) is 0 Å². The Morgan fingerprint density at radius 1 is 1.50 bits per heavy atom. The Morgan fingerprint density at radius 2 is 2.20 bits per heavy atom. The van der Waals surface area contributed by atoms with Crippen LogP contribution < -0.4 is 4.74 Å². The van der Waals surface area contributed by atoms with Gasteiger partial charge >= 0.3 is 0 Å². The Kier molecular flexibility index (Phi) is 6.99. The lowest BCUT2D eigenvalue weighted by Gasteiger charge is -2.12. The first-order valence-electron chi connectivity index (χ1n) is 6.98. The molecular formula is C15H24BrN3O. The summed E-state index contributed by atoms with van der Waals surface area (Å²) in [6.45, 7) is 9.99. The highest BCUT2D eigenvalue weighted by molar-refractivity contribution is 9.10. The van der Waals surface area contributed by atoms with Crippen LogP contribution >= 0.6 is 15.9 Å². The van der Waals surface area contributed by atoms with Crippen LogP contribution in [0.2, 0.25) is 0 Å². The van der Waals surface area contributed by atoms with Crippen LogP contribution in [-0.2, 0) is 0 Å². The molecule has 112 valence electrons. The second-order valence-electron chi connectivity index (χ2n) is 5.23. The maximum Gasteiger partial charge on any atom is 0.228 e. The summed E-state index contributed by atoms with van der Waals surface area (Å²) in [7, 11) is 1.99. The Bertz CT molecular complexity index is 461. The number of hydrogen-bond donors (Lipinski definition) is 0. The second-order valence-corrected chi connectivity index (χ2v) is 6.08. The van der Waals surface area contributed by atoms with Gasteiger partial charge in [-0.2, -0.15) is 0 Å². The number of ether oxygens (including phenoxy) is 1. The third-order valence-corrected chi connectivity index (χ3v) is 3.50. The molecule has 0 N–H and O–H groups in total. The zero-order valence-electron chi connectivity index (χ0n) is 13.0. The summed E-state index contributed by atoms with van der Waals surface area (Å²) in [6, 6.07) is 1.95. The molecule has 0 radical (unpaired) electrons. The number of aliphatic imine (C=N–C) groups is 1. The Morgan fingerprint density at radius 3 is 2.80 bits per heavy atom. The van der Waals surface area contributed by atoms with E-state index in [1.165, 1.54) is 0 Å². The van der Waals surface area contributed by atoms with Crippen LogP contribution in [0.5, 0.6) is 5.88 Å². The number of hydrogen-bond acceptors (Lipinski definition) is 3. The molecule has 0 bridgehead atoms. The van der Waals surface area contributed by atoms with Crippen molar-refractivity contribution in [2.75, 3.05) is 20.2 Å². The molecule has 0 aliphatic carbocycles. The molecule has 0 saturated heterocycles. The fraction of sp³-hybridized carbons (Fsp3) is 0.600. The molecule has 0 aromatic carbocycles. The molecule has 0 aliphatic rings. The van der Waals surface area contributed by atoms with E-state index < -0.39 is 0 Å². The lowest BCUT2D eigenvalue weighted by molar-refractivity contribution is 0.277. The zero-order valence-corrected chi connectivity index (χ0v) is 14.6. The molecule has 0 atom stereocenters. The van der Waals surface area contributed by atoms with Crippen LogP contribution in [0.25, 0.3) is 0 Å². The summed E-state index contributed by atoms with van der Waals surface area (Å²) in [5, 5.41) is 0. The monoisotopic (exact) mass is 341 g/mol. The largest absolute Gasteiger partial charge is 0.477 e. The molecule has 20 heavy (non-hydrogen) atoms. The minimum atomic E-state index is 0.628. The molecular weight excluding hydrogens is 318 g/mol. The summed E-state index contributed by atoms with van der Waals surface area (Å²) in [5.74, 6) is 1.27. The first-order chi connectivity index (χ1) is 9.43. The lowest BCUT2D eigenvalue weighted by Crippen LogP contribution is -2.14. The minimum Gasteiger partial charge on any atom is -0.477 e. The molecule has 4 nitrogen and oxygen atoms in total. The van der Waals surface area contributed by atoms with Gasteiger partial charge in [-0.1, -0.05) is 13.8 Å². The van der Waals surface area contributed by atoms with Gasteiger partial charge < -0.3 is 9.64 Å². The van der Waals surface area contributed by atoms with Crippen LogP contribution in [-0.4, -0.2) is 36.4 Å². The molecule has 0 unspecified atom stereocenters. The number of nitrogens with zero attached hydrogens (tertiary/aromatic N) is 3. The Labute approximate surface area is 130 Å². The van der Waals surface area contributed by atoms with Crippen molar-refractivity contribution in [1.29, 1.82) is 0 Å². The Hall–Kier alpha value is -1.10. The SMILES string of the molecule is CCN(C)C=Nc1cc(Br)c(OCCC(C)C)nc1C. The molecule has 1 aromatic rings. The van der Waals surface area contributed by atoms with Crippen LogP contribution in [0.4, 0.5) is 5.69 Å². The second kappa shape index (κ2) is 8.25. The maximum absolute atomic E-state index is 5.71. The molecule has 1 rings (SSSR count). The van der Waals surface area contributed by atoms with Crippen molar-refractivity contribution in [2.45, 2.75) is 34.1 Å². The normalized spacial score (nSPS) is 11.3. The van der Waals surface area contributed by atoms with Gasteiger partial charge in [0.25, 0.3) is 0 Å². The van der Waals surface area contributed by atoms with Gasteiger partial charge in [-0.05, 0) is 48.2 Å². The molecule has 0 spiro atoms. The number of halogens is 1. The van der Waals surface area contributed by atoms with Crippen molar-refractivity contribution in [2.24, 2.45) is 10.9 Å². The third-order valence-electron chi connectivity index (χ3n) is 2.93. The summed E-state index contributed by atoms with van der Waals surface area (Å²) < 4.78 is 6.56. The van der Waals surface area contributed by atoms with Crippen LogP contribution in [0.3, 0.4) is 0 Å². The number of aryl methyl sites for hydroxylation is 1. The smallest absolute Gasteiger partial charge is 0.228 e. The number of pyridine rings is 1. The van der Waals surface area contributed by atoms with Crippen LogP contribution in [0.15, 0.2) is 15.5 Å². The number of rotatable bonds is 7. The van der Waals surface area contributed by atoms with E-state index in [0.717, 1.165) is 28.8 Å². The minimum absolute atomic E-state index is 0.628. The van der Waals surface area contributed by atoms with Crippen molar-refractivity contribution >= 4 is 28.0 Å². The standard InChI is InChI=1S/C15H24BrN3O/c1-6-19(5)10-17-14-9-13(16)15(18-12(14)4)20-8-7-11(2)3/h9-11H,6-8H2,1-5H3. The molecule has 1 aromatic heterocycles. The summed E-state index contributed by atoms with van der Waals surface area (Å²) in [6.07, 6.45) is 2.84. The first kappa shape index (κ1) is 17.0. The topological polar surface area (TPSA) is 37.7 Å². The Balaban J connectivity index is 2.78. The average Bonchev–Trinajstić information content (AvgIpc) is 2.39. The van der Waals surface area contributed by atoms with Gasteiger partial charge in [0.15, 0.2) is 0 Å². The molecule has 5 heteroatoms. The van der Waals surface area contributed by atoms with E-state index >= 15 is 0 Å². The molecule has 0 fully saturated rings. The van der Waals surface area contributed by atoms with Gasteiger partial charge in [-0.3, -0.25) is 0 Å². The molecule has 0 aliphatic heterocycles. The van der Waals surface area contributed by atoms with E-state index in [0.29, 0.717) is 18.4 Å². The maximum atomic E-state index is 5.71. The predicted molar refractivity (Wildman–Crippen MR) is 88.1 cm³/mol. The highest BCUT2D eigenvalue weighted by Gasteiger charge is 2.08. The summed E-state index contributed by atoms with van der Waals surface area (Å²) >= 11 is 3.50. The van der Waals surface area contributed by atoms with Crippen LogP contribution in [0.1, 0.15) is 32.9 Å². The van der Waals surface area contributed by atoms with E-state index in [1.807, 2.05) is 31.3 Å². The first-order valence-corrected chi connectivity index (χ1v) is 7.77. The van der Waals surface area contributed by atoms with Gasteiger partial charge in [0.1, 0.15) is 0 Å². The average molecular weight is 342 g/mol. The van der Waals surface area contributed by atoms with Gasteiger partial charge in [0.2, 0.25) is 5.88 Å². The lowest BCUT2D eigenvalue weighted by atomic mass is 10.1.